The Labute approximate surface area is 74.1 Å². The minimum absolute atomic E-state index is 0.0253. The molecule has 0 spiro atoms. The van der Waals surface area contributed by atoms with E-state index in [-0.39, 0.29) is 5.75 Å². The summed E-state index contributed by atoms with van der Waals surface area (Å²) in [7, 11) is 0. The van der Waals surface area contributed by atoms with Gasteiger partial charge in [0.1, 0.15) is 5.75 Å². The van der Waals surface area contributed by atoms with E-state index in [0.717, 1.165) is 5.56 Å². The molecule has 2 nitrogen and oxygen atoms in total. The van der Waals surface area contributed by atoms with E-state index in [1.165, 1.54) is 12.1 Å². The molecule has 0 unspecified atom stereocenters. The Hall–Kier alpha value is -1.45. The van der Waals surface area contributed by atoms with Crippen molar-refractivity contribution in [2.75, 3.05) is 0 Å². The van der Waals surface area contributed by atoms with Crippen LogP contribution in [0.25, 0.3) is 0 Å². The zero-order chi connectivity index (χ0) is 9.90. The van der Waals surface area contributed by atoms with Gasteiger partial charge in [0.2, 0.25) is 6.29 Å². The predicted molar refractivity (Wildman–Crippen MR) is 42.8 cm³/mol. The van der Waals surface area contributed by atoms with Gasteiger partial charge in [-0.2, -0.15) is 8.78 Å². The SMILES string of the molecule is Cc1ccc(OC(F)(F)C=O)cc1. The van der Waals surface area contributed by atoms with Gasteiger partial charge in [-0.15, -0.1) is 0 Å². The monoisotopic (exact) mass is 186 g/mol. The minimum atomic E-state index is -3.74. The van der Waals surface area contributed by atoms with Gasteiger partial charge in [0.05, 0.1) is 0 Å². The molecule has 0 N–H and O–H groups in total. The average molecular weight is 186 g/mol. The fourth-order valence-electron chi connectivity index (χ4n) is 0.787. The smallest absolute Gasteiger partial charge is 0.427 e. The van der Waals surface area contributed by atoms with Gasteiger partial charge in [0.25, 0.3) is 0 Å². The first-order valence-electron chi connectivity index (χ1n) is 3.63. The standard InChI is InChI=1S/C9H8F2O2/c1-7-2-4-8(5-3-7)13-9(10,11)6-12/h2-6H,1H3. The van der Waals surface area contributed by atoms with Crippen molar-refractivity contribution in [3.05, 3.63) is 29.8 Å². The van der Waals surface area contributed by atoms with E-state index in [4.69, 9.17) is 0 Å². The molecule has 0 saturated heterocycles. The van der Waals surface area contributed by atoms with Crippen LogP contribution in [0.15, 0.2) is 24.3 Å². The third kappa shape index (κ3) is 2.82. The number of carbonyl (C=O) groups excluding carboxylic acids is 1. The van der Waals surface area contributed by atoms with Crippen molar-refractivity contribution in [3.8, 4) is 5.75 Å². The Kier molecular flexibility index (Phi) is 2.60. The zero-order valence-corrected chi connectivity index (χ0v) is 6.96. The van der Waals surface area contributed by atoms with E-state index in [0.29, 0.717) is 0 Å². The maximum absolute atomic E-state index is 12.3. The molecule has 0 amide bonds. The van der Waals surface area contributed by atoms with Crippen LogP contribution in [-0.4, -0.2) is 12.4 Å². The quantitative estimate of drug-likeness (QED) is 0.676. The van der Waals surface area contributed by atoms with Crippen molar-refractivity contribution >= 4 is 6.29 Å². The van der Waals surface area contributed by atoms with Gasteiger partial charge >= 0.3 is 6.11 Å². The summed E-state index contributed by atoms with van der Waals surface area (Å²) in [5.74, 6) is -0.0253. The summed E-state index contributed by atoms with van der Waals surface area (Å²) in [6.45, 7) is 1.82. The highest BCUT2D eigenvalue weighted by molar-refractivity contribution is 5.58. The number of halogens is 2. The van der Waals surface area contributed by atoms with Crippen LogP contribution < -0.4 is 4.74 Å². The van der Waals surface area contributed by atoms with Crippen LogP contribution in [0.2, 0.25) is 0 Å². The van der Waals surface area contributed by atoms with E-state index in [1.54, 1.807) is 12.1 Å². The zero-order valence-electron chi connectivity index (χ0n) is 6.96. The number of alkyl halides is 2. The number of aldehydes is 1. The van der Waals surface area contributed by atoms with Crippen molar-refractivity contribution in [1.82, 2.24) is 0 Å². The summed E-state index contributed by atoms with van der Waals surface area (Å²) in [4.78, 5) is 9.82. The molecule has 4 heteroatoms. The average Bonchev–Trinajstić information content (AvgIpc) is 2.09. The molecular weight excluding hydrogens is 178 g/mol. The molecule has 0 aromatic heterocycles. The fourth-order valence-corrected chi connectivity index (χ4v) is 0.787. The summed E-state index contributed by atoms with van der Waals surface area (Å²) in [6, 6.07) is 6.01. The Morgan fingerprint density at radius 1 is 1.31 bits per heavy atom. The second kappa shape index (κ2) is 3.51. The molecule has 13 heavy (non-hydrogen) atoms. The number of carbonyl (C=O) groups is 1. The van der Waals surface area contributed by atoms with Crippen LogP contribution in [0.5, 0.6) is 5.75 Å². The van der Waals surface area contributed by atoms with Crippen LogP contribution in [0.4, 0.5) is 8.78 Å². The third-order valence-corrected chi connectivity index (χ3v) is 1.41. The van der Waals surface area contributed by atoms with Crippen LogP contribution >= 0.6 is 0 Å². The lowest BCUT2D eigenvalue weighted by Crippen LogP contribution is -2.26. The van der Waals surface area contributed by atoms with E-state index in [9.17, 15) is 13.6 Å². The summed E-state index contributed by atoms with van der Waals surface area (Å²) < 4.78 is 28.8. The summed E-state index contributed by atoms with van der Waals surface area (Å²) in [5, 5.41) is 0. The number of benzene rings is 1. The maximum Gasteiger partial charge on any atom is 0.457 e. The number of aryl methyl sites for hydroxylation is 1. The molecule has 1 aromatic rings. The van der Waals surface area contributed by atoms with Crippen molar-refractivity contribution < 1.29 is 18.3 Å². The van der Waals surface area contributed by atoms with Gasteiger partial charge in [0, 0.05) is 0 Å². The van der Waals surface area contributed by atoms with Crippen LogP contribution in [0, 0.1) is 6.92 Å². The molecule has 0 bridgehead atoms. The van der Waals surface area contributed by atoms with E-state index in [1.807, 2.05) is 6.92 Å². The second-order valence-electron chi connectivity index (χ2n) is 2.59. The predicted octanol–water partition coefficient (Wildman–Crippen LogP) is 2.17. The number of hydrogen-bond acceptors (Lipinski definition) is 2. The van der Waals surface area contributed by atoms with Crippen molar-refractivity contribution in [1.29, 1.82) is 0 Å². The van der Waals surface area contributed by atoms with Crippen LogP contribution in [0.1, 0.15) is 5.56 Å². The van der Waals surface area contributed by atoms with Crippen molar-refractivity contribution in [3.63, 3.8) is 0 Å². The maximum atomic E-state index is 12.3. The molecule has 0 saturated carbocycles. The molecule has 0 aliphatic heterocycles. The van der Waals surface area contributed by atoms with Gasteiger partial charge in [-0.3, -0.25) is 4.79 Å². The molecule has 1 aromatic carbocycles. The van der Waals surface area contributed by atoms with Crippen LogP contribution in [-0.2, 0) is 4.79 Å². The lowest BCUT2D eigenvalue weighted by Gasteiger charge is -2.11. The van der Waals surface area contributed by atoms with E-state index < -0.39 is 12.4 Å². The van der Waals surface area contributed by atoms with Gasteiger partial charge in [-0.05, 0) is 19.1 Å². The first-order valence-corrected chi connectivity index (χ1v) is 3.63. The highest BCUT2D eigenvalue weighted by atomic mass is 19.3. The molecule has 70 valence electrons. The van der Waals surface area contributed by atoms with Crippen LogP contribution in [0.3, 0.4) is 0 Å². The van der Waals surface area contributed by atoms with E-state index >= 15 is 0 Å². The third-order valence-electron chi connectivity index (χ3n) is 1.41. The first-order chi connectivity index (χ1) is 6.03. The second-order valence-corrected chi connectivity index (χ2v) is 2.59. The minimum Gasteiger partial charge on any atom is -0.427 e. The Bertz CT molecular complexity index is 293. The molecule has 0 fully saturated rings. The van der Waals surface area contributed by atoms with Crippen molar-refractivity contribution in [2.45, 2.75) is 13.0 Å². The first kappa shape index (κ1) is 9.64. The number of ether oxygens (including phenoxy) is 1. The van der Waals surface area contributed by atoms with Gasteiger partial charge in [-0.1, -0.05) is 17.7 Å². The highest BCUT2D eigenvalue weighted by Crippen LogP contribution is 2.19. The molecular formula is C9H8F2O2. The molecule has 0 radical (unpaired) electrons. The molecule has 0 heterocycles. The number of rotatable bonds is 3. The van der Waals surface area contributed by atoms with Crippen molar-refractivity contribution in [2.24, 2.45) is 0 Å². The Balaban J connectivity index is 2.75. The van der Waals surface area contributed by atoms with Gasteiger partial charge < -0.3 is 4.74 Å². The molecule has 1 rings (SSSR count). The lowest BCUT2D eigenvalue weighted by molar-refractivity contribution is -0.176. The lowest BCUT2D eigenvalue weighted by atomic mass is 10.2. The summed E-state index contributed by atoms with van der Waals surface area (Å²) >= 11 is 0. The topological polar surface area (TPSA) is 26.3 Å². The molecule has 0 aliphatic rings. The molecule has 0 atom stereocenters. The Morgan fingerprint density at radius 3 is 2.31 bits per heavy atom. The Morgan fingerprint density at radius 2 is 1.85 bits per heavy atom. The summed E-state index contributed by atoms with van der Waals surface area (Å²) in [5.41, 5.74) is 0.932. The normalized spacial score (nSPS) is 11.0. The van der Waals surface area contributed by atoms with Gasteiger partial charge in [-0.25, -0.2) is 0 Å². The largest absolute Gasteiger partial charge is 0.457 e. The van der Waals surface area contributed by atoms with Gasteiger partial charge in [0.15, 0.2) is 0 Å². The fraction of sp³-hybridized carbons (Fsp3) is 0.222. The molecule has 0 aliphatic carbocycles. The number of hydrogen-bond donors (Lipinski definition) is 0. The highest BCUT2D eigenvalue weighted by Gasteiger charge is 2.30. The summed E-state index contributed by atoms with van der Waals surface area (Å²) in [6.07, 6.45) is -4.28. The van der Waals surface area contributed by atoms with E-state index in [2.05, 4.69) is 4.74 Å².